The summed E-state index contributed by atoms with van der Waals surface area (Å²) in [5.41, 5.74) is 1.56. The number of benzene rings is 1. The van der Waals surface area contributed by atoms with Gasteiger partial charge in [0.2, 0.25) is 0 Å². The molecule has 0 radical (unpaired) electrons. The van der Waals surface area contributed by atoms with Gasteiger partial charge in [-0.2, -0.15) is 5.26 Å². The average Bonchev–Trinajstić information content (AvgIpc) is 2.10. The molecule has 0 heterocycles. The van der Waals surface area contributed by atoms with Gasteiger partial charge in [-0.05, 0) is 23.3 Å². The third-order valence-corrected chi connectivity index (χ3v) is 1.74. The van der Waals surface area contributed by atoms with Crippen molar-refractivity contribution in [2.75, 3.05) is 7.11 Å². The quantitative estimate of drug-likeness (QED) is 0.711. The van der Waals surface area contributed by atoms with Crippen molar-refractivity contribution in [1.82, 2.24) is 0 Å². The molecule has 0 saturated carbocycles. The van der Waals surface area contributed by atoms with Gasteiger partial charge in [0.15, 0.2) is 0 Å². The summed E-state index contributed by atoms with van der Waals surface area (Å²) < 4.78 is 17.7. The second-order valence-corrected chi connectivity index (χ2v) is 2.68. The molecule has 2 nitrogen and oxygen atoms in total. The maximum atomic E-state index is 12.8. The van der Waals surface area contributed by atoms with Gasteiger partial charge in [-0.1, -0.05) is 6.07 Å². The first kappa shape index (κ1) is 9.69. The summed E-state index contributed by atoms with van der Waals surface area (Å²) in [7, 11) is 1.54. The van der Waals surface area contributed by atoms with E-state index in [1.54, 1.807) is 13.2 Å². The first-order valence-electron chi connectivity index (χ1n) is 3.91. The molecule has 0 aliphatic carbocycles. The number of methoxy groups -OCH3 is 1. The van der Waals surface area contributed by atoms with Gasteiger partial charge in [0, 0.05) is 7.11 Å². The zero-order chi connectivity index (χ0) is 9.68. The number of ether oxygens (including phenoxy) is 1. The normalized spacial score (nSPS) is 9.62. The smallest absolute Gasteiger partial charge is 0.123 e. The van der Waals surface area contributed by atoms with E-state index in [1.807, 2.05) is 6.07 Å². The maximum absolute atomic E-state index is 12.8. The van der Waals surface area contributed by atoms with Crippen LogP contribution < -0.4 is 0 Å². The topological polar surface area (TPSA) is 33.0 Å². The van der Waals surface area contributed by atoms with Crippen molar-refractivity contribution in [3.8, 4) is 6.07 Å². The van der Waals surface area contributed by atoms with Crippen molar-refractivity contribution < 1.29 is 9.13 Å². The number of nitriles is 1. The summed E-state index contributed by atoms with van der Waals surface area (Å²) in [6.07, 6.45) is 0.291. The molecular weight excluding hydrogens is 169 g/mol. The van der Waals surface area contributed by atoms with E-state index >= 15 is 0 Å². The van der Waals surface area contributed by atoms with E-state index in [4.69, 9.17) is 10.00 Å². The van der Waals surface area contributed by atoms with Crippen LogP contribution >= 0.6 is 0 Å². The second-order valence-electron chi connectivity index (χ2n) is 2.68. The van der Waals surface area contributed by atoms with Gasteiger partial charge < -0.3 is 4.74 Å². The molecule has 0 aliphatic heterocycles. The second kappa shape index (κ2) is 4.58. The molecule has 0 N–H and O–H groups in total. The third-order valence-electron chi connectivity index (χ3n) is 1.74. The van der Waals surface area contributed by atoms with Crippen LogP contribution in [-0.4, -0.2) is 7.11 Å². The van der Waals surface area contributed by atoms with Crippen LogP contribution in [0.25, 0.3) is 0 Å². The van der Waals surface area contributed by atoms with Crippen molar-refractivity contribution in [1.29, 1.82) is 5.26 Å². The van der Waals surface area contributed by atoms with Crippen LogP contribution in [0.3, 0.4) is 0 Å². The van der Waals surface area contributed by atoms with Crippen molar-refractivity contribution in [2.24, 2.45) is 0 Å². The largest absolute Gasteiger partial charge is 0.380 e. The van der Waals surface area contributed by atoms with Crippen molar-refractivity contribution in [3.05, 3.63) is 35.1 Å². The minimum Gasteiger partial charge on any atom is -0.380 e. The lowest BCUT2D eigenvalue weighted by Gasteiger charge is -2.05. The fourth-order valence-electron chi connectivity index (χ4n) is 1.14. The highest BCUT2D eigenvalue weighted by molar-refractivity contribution is 5.29. The van der Waals surface area contributed by atoms with E-state index in [0.29, 0.717) is 13.0 Å². The fourth-order valence-corrected chi connectivity index (χ4v) is 1.14. The molecule has 0 spiro atoms. The first-order valence-corrected chi connectivity index (χ1v) is 3.91. The average molecular weight is 179 g/mol. The minimum atomic E-state index is -0.297. The predicted octanol–water partition coefficient (Wildman–Crippen LogP) is 2.04. The van der Waals surface area contributed by atoms with Crippen LogP contribution in [0.4, 0.5) is 4.39 Å². The van der Waals surface area contributed by atoms with Crippen LogP contribution in [0.5, 0.6) is 0 Å². The van der Waals surface area contributed by atoms with Crippen molar-refractivity contribution in [3.63, 3.8) is 0 Å². The van der Waals surface area contributed by atoms with Gasteiger partial charge >= 0.3 is 0 Å². The van der Waals surface area contributed by atoms with Gasteiger partial charge in [-0.15, -0.1) is 0 Å². The molecule has 0 amide bonds. The Morgan fingerprint density at radius 3 is 2.85 bits per heavy atom. The number of hydrogen-bond acceptors (Lipinski definition) is 2. The number of halogens is 1. The molecule has 3 heteroatoms. The Morgan fingerprint density at radius 1 is 1.46 bits per heavy atom. The lowest BCUT2D eigenvalue weighted by atomic mass is 10.1. The van der Waals surface area contributed by atoms with Crippen LogP contribution in [0.1, 0.15) is 11.1 Å². The zero-order valence-electron chi connectivity index (χ0n) is 7.38. The first-order chi connectivity index (χ1) is 6.27. The number of rotatable bonds is 3. The van der Waals surface area contributed by atoms with Gasteiger partial charge in [0.25, 0.3) is 0 Å². The Kier molecular flexibility index (Phi) is 3.41. The summed E-state index contributed by atoms with van der Waals surface area (Å²) in [5, 5.41) is 8.50. The summed E-state index contributed by atoms with van der Waals surface area (Å²) in [6, 6.07) is 6.39. The molecule has 0 aromatic heterocycles. The molecule has 1 aromatic rings. The fraction of sp³-hybridized carbons (Fsp3) is 0.300. The summed E-state index contributed by atoms with van der Waals surface area (Å²) in [4.78, 5) is 0. The molecule has 0 saturated heterocycles. The van der Waals surface area contributed by atoms with Crippen LogP contribution in [0.15, 0.2) is 18.2 Å². The van der Waals surface area contributed by atoms with Crippen LogP contribution in [0, 0.1) is 17.1 Å². The molecule has 1 rings (SSSR count). The lowest BCUT2D eigenvalue weighted by Crippen LogP contribution is -1.96. The lowest BCUT2D eigenvalue weighted by molar-refractivity contribution is 0.184. The number of nitrogens with zero attached hydrogens (tertiary/aromatic N) is 1. The van der Waals surface area contributed by atoms with E-state index in [2.05, 4.69) is 0 Å². The highest BCUT2D eigenvalue weighted by Gasteiger charge is 2.02. The Bertz CT molecular complexity index is 330. The summed E-state index contributed by atoms with van der Waals surface area (Å²) in [5.74, 6) is -0.297. The molecule has 0 fully saturated rings. The Labute approximate surface area is 76.6 Å². The Hall–Kier alpha value is -1.40. The Balaban J connectivity index is 2.97. The molecular formula is C10H10FNO. The van der Waals surface area contributed by atoms with Crippen LogP contribution in [-0.2, 0) is 17.8 Å². The molecule has 0 atom stereocenters. The molecule has 0 bridgehead atoms. The van der Waals surface area contributed by atoms with E-state index in [-0.39, 0.29) is 5.82 Å². The zero-order valence-corrected chi connectivity index (χ0v) is 7.38. The SMILES string of the molecule is COCc1cc(F)ccc1CC#N. The van der Waals surface area contributed by atoms with E-state index in [9.17, 15) is 4.39 Å². The minimum absolute atomic E-state index is 0.291. The van der Waals surface area contributed by atoms with E-state index < -0.39 is 0 Å². The predicted molar refractivity (Wildman–Crippen MR) is 46.4 cm³/mol. The molecule has 1 aromatic carbocycles. The third kappa shape index (κ3) is 2.53. The molecule has 0 unspecified atom stereocenters. The highest BCUT2D eigenvalue weighted by atomic mass is 19.1. The summed E-state index contributed by atoms with van der Waals surface area (Å²) in [6.45, 7) is 0.342. The van der Waals surface area contributed by atoms with Gasteiger partial charge in [0.05, 0.1) is 19.1 Å². The molecule has 68 valence electrons. The number of hydrogen-bond donors (Lipinski definition) is 0. The maximum Gasteiger partial charge on any atom is 0.123 e. The standard InChI is InChI=1S/C10H10FNO/c1-13-7-9-6-10(11)3-2-8(9)4-5-12/h2-3,6H,4,7H2,1H3. The monoisotopic (exact) mass is 179 g/mol. The van der Waals surface area contributed by atoms with Crippen molar-refractivity contribution >= 4 is 0 Å². The van der Waals surface area contributed by atoms with Gasteiger partial charge in [-0.25, -0.2) is 4.39 Å². The van der Waals surface area contributed by atoms with Crippen molar-refractivity contribution in [2.45, 2.75) is 13.0 Å². The van der Waals surface area contributed by atoms with Gasteiger partial charge in [-0.3, -0.25) is 0 Å². The Morgan fingerprint density at radius 2 is 2.23 bits per heavy atom. The summed E-state index contributed by atoms with van der Waals surface area (Å²) >= 11 is 0. The van der Waals surface area contributed by atoms with Gasteiger partial charge in [0.1, 0.15) is 5.82 Å². The molecule has 0 aliphatic rings. The molecule has 13 heavy (non-hydrogen) atoms. The van der Waals surface area contributed by atoms with Crippen LogP contribution in [0.2, 0.25) is 0 Å². The highest BCUT2D eigenvalue weighted by Crippen LogP contribution is 2.12. The van der Waals surface area contributed by atoms with E-state index in [1.165, 1.54) is 12.1 Å². The van der Waals surface area contributed by atoms with E-state index in [0.717, 1.165) is 11.1 Å².